The van der Waals surface area contributed by atoms with Crippen LogP contribution in [0.15, 0.2) is 54.6 Å². The molecule has 0 saturated heterocycles. The summed E-state index contributed by atoms with van der Waals surface area (Å²) in [6.07, 6.45) is -1.05. The van der Waals surface area contributed by atoms with Gasteiger partial charge in [-0.2, -0.15) is 0 Å². The summed E-state index contributed by atoms with van der Waals surface area (Å²) in [6.45, 7) is 1.88. The first-order valence-corrected chi connectivity index (χ1v) is 6.75. The lowest BCUT2D eigenvalue weighted by atomic mass is 10.1. The van der Waals surface area contributed by atoms with Gasteiger partial charge in [0.25, 0.3) is 0 Å². The molecule has 0 aromatic heterocycles. The molecule has 2 aromatic rings. The zero-order valence-corrected chi connectivity index (χ0v) is 12.0. The Morgan fingerprint density at radius 3 is 2.41 bits per heavy atom. The number of para-hydroxylation sites is 2. The molecule has 6 nitrogen and oxygen atoms in total. The summed E-state index contributed by atoms with van der Waals surface area (Å²) >= 11 is 0. The molecule has 0 radical (unpaired) electrons. The van der Waals surface area contributed by atoms with Gasteiger partial charge in [0.05, 0.1) is 11.5 Å². The van der Waals surface area contributed by atoms with Gasteiger partial charge in [0, 0.05) is 11.6 Å². The van der Waals surface area contributed by atoms with Gasteiger partial charge in [-0.15, -0.1) is 0 Å². The van der Waals surface area contributed by atoms with E-state index in [1.807, 2.05) is 0 Å². The fourth-order valence-corrected chi connectivity index (χ4v) is 1.93. The summed E-state index contributed by atoms with van der Waals surface area (Å²) in [5.41, 5.74) is 0.367. The van der Waals surface area contributed by atoms with E-state index in [0.29, 0.717) is 5.56 Å². The van der Waals surface area contributed by atoms with Crippen molar-refractivity contribution in [3.8, 4) is 5.75 Å². The molecule has 0 amide bonds. The summed E-state index contributed by atoms with van der Waals surface area (Å²) in [4.78, 5) is 22.6. The third-order valence-electron chi connectivity index (χ3n) is 2.91. The van der Waals surface area contributed by atoms with E-state index < -0.39 is 17.0 Å². The van der Waals surface area contributed by atoms with Crippen LogP contribution in [0.3, 0.4) is 0 Å². The number of benzene rings is 2. The molecule has 0 heterocycles. The Bertz CT molecular complexity index is 657. The predicted molar refractivity (Wildman–Crippen MR) is 79.5 cm³/mol. The van der Waals surface area contributed by atoms with Crippen molar-refractivity contribution in [1.82, 2.24) is 0 Å². The smallest absolute Gasteiger partial charge is 0.352 e. The second kappa shape index (κ2) is 7.21. The van der Waals surface area contributed by atoms with Gasteiger partial charge in [-0.1, -0.05) is 42.5 Å². The van der Waals surface area contributed by atoms with E-state index in [1.165, 1.54) is 18.2 Å². The van der Waals surface area contributed by atoms with Gasteiger partial charge in [-0.3, -0.25) is 10.1 Å². The van der Waals surface area contributed by atoms with Gasteiger partial charge >= 0.3 is 11.7 Å². The molecule has 0 aliphatic heterocycles. The molecular weight excluding hydrogens is 286 g/mol. The lowest BCUT2D eigenvalue weighted by Gasteiger charge is -2.17. The fourth-order valence-electron chi connectivity index (χ4n) is 1.93. The number of rotatable bonds is 6. The largest absolute Gasteiger partial charge is 0.467 e. The molecular formula is C16H15NO5. The number of hydrogen-bond donors (Lipinski definition) is 0. The summed E-state index contributed by atoms with van der Waals surface area (Å²) in [5.74, 6) is -0.568. The molecule has 0 spiro atoms. The van der Waals surface area contributed by atoms with Crippen molar-refractivity contribution in [1.29, 1.82) is 0 Å². The predicted octanol–water partition coefficient (Wildman–Crippen LogP) is 3.28. The van der Waals surface area contributed by atoms with Crippen molar-refractivity contribution in [3.05, 3.63) is 70.3 Å². The Balaban J connectivity index is 2.35. The van der Waals surface area contributed by atoms with E-state index in [0.717, 1.165) is 0 Å². The van der Waals surface area contributed by atoms with E-state index in [2.05, 4.69) is 0 Å². The fraction of sp³-hybridized carbons (Fsp3) is 0.188. The van der Waals surface area contributed by atoms with Crippen LogP contribution in [-0.2, 0) is 9.53 Å². The van der Waals surface area contributed by atoms with Crippen LogP contribution < -0.4 is 4.74 Å². The van der Waals surface area contributed by atoms with Gasteiger partial charge in [0.1, 0.15) is 0 Å². The quantitative estimate of drug-likeness (QED) is 0.465. The number of hydrogen-bond acceptors (Lipinski definition) is 5. The first-order chi connectivity index (χ1) is 10.6. The summed E-state index contributed by atoms with van der Waals surface area (Å²) < 4.78 is 10.6. The molecule has 22 heavy (non-hydrogen) atoms. The number of nitro benzene ring substituents is 1. The number of ether oxygens (including phenoxy) is 2. The van der Waals surface area contributed by atoms with E-state index in [4.69, 9.17) is 9.47 Å². The number of esters is 1. The second-order valence-corrected chi connectivity index (χ2v) is 4.39. The minimum Gasteiger partial charge on any atom is -0.467 e. The highest BCUT2D eigenvalue weighted by Crippen LogP contribution is 2.31. The molecule has 1 unspecified atom stereocenters. The van der Waals surface area contributed by atoms with Crippen LogP contribution in [-0.4, -0.2) is 17.5 Å². The third-order valence-corrected chi connectivity index (χ3v) is 2.91. The lowest BCUT2D eigenvalue weighted by molar-refractivity contribution is -0.386. The number of nitro groups is 1. The average molecular weight is 301 g/mol. The summed E-state index contributed by atoms with van der Waals surface area (Å²) in [7, 11) is 0. The van der Waals surface area contributed by atoms with Gasteiger partial charge in [-0.25, -0.2) is 4.79 Å². The topological polar surface area (TPSA) is 78.7 Å². The maximum atomic E-state index is 12.1. The molecule has 0 fully saturated rings. The highest BCUT2D eigenvalue weighted by Gasteiger charge is 2.27. The van der Waals surface area contributed by atoms with Crippen molar-refractivity contribution >= 4 is 11.7 Å². The van der Waals surface area contributed by atoms with Crippen LogP contribution in [0.2, 0.25) is 0 Å². The monoisotopic (exact) mass is 301 g/mol. The van der Waals surface area contributed by atoms with Crippen LogP contribution in [0, 0.1) is 10.1 Å². The van der Waals surface area contributed by atoms with Gasteiger partial charge in [0.15, 0.2) is 5.75 Å². The maximum absolute atomic E-state index is 12.1. The van der Waals surface area contributed by atoms with Gasteiger partial charge in [0.2, 0.25) is 6.10 Å². The number of carbonyl (C=O) groups is 1. The van der Waals surface area contributed by atoms with Crippen molar-refractivity contribution in [2.45, 2.75) is 13.0 Å². The average Bonchev–Trinajstić information content (AvgIpc) is 2.53. The van der Waals surface area contributed by atoms with E-state index in [-0.39, 0.29) is 18.0 Å². The van der Waals surface area contributed by atoms with Gasteiger partial charge < -0.3 is 9.47 Å². The normalized spacial score (nSPS) is 11.5. The van der Waals surface area contributed by atoms with Crippen molar-refractivity contribution in [2.75, 3.05) is 6.61 Å². The summed E-state index contributed by atoms with van der Waals surface area (Å²) in [5, 5.41) is 11.0. The molecule has 0 aliphatic rings. The summed E-state index contributed by atoms with van der Waals surface area (Å²) in [6, 6.07) is 14.6. The van der Waals surface area contributed by atoms with E-state index in [1.54, 1.807) is 43.3 Å². The Labute approximate surface area is 127 Å². The Kier molecular flexibility index (Phi) is 5.08. The molecule has 114 valence electrons. The molecule has 1 atom stereocenters. The molecule has 0 bridgehead atoms. The minimum atomic E-state index is -1.05. The Morgan fingerprint density at radius 1 is 1.14 bits per heavy atom. The standard InChI is InChI=1S/C16H15NO5/c1-2-21-16(18)15(12-8-4-3-5-9-12)22-14-11-7-6-10-13(14)17(19)20/h3-11,15H,2H2,1H3. The second-order valence-electron chi connectivity index (χ2n) is 4.39. The highest BCUT2D eigenvalue weighted by molar-refractivity contribution is 5.77. The molecule has 2 rings (SSSR count). The van der Waals surface area contributed by atoms with Crippen LogP contribution in [0.4, 0.5) is 5.69 Å². The van der Waals surface area contributed by atoms with Crippen LogP contribution in [0.25, 0.3) is 0 Å². The van der Waals surface area contributed by atoms with Crippen molar-refractivity contribution < 1.29 is 19.2 Å². The molecule has 2 aromatic carbocycles. The maximum Gasteiger partial charge on any atom is 0.352 e. The SMILES string of the molecule is CCOC(=O)C(Oc1ccccc1[N+](=O)[O-])c1ccccc1. The van der Waals surface area contributed by atoms with Crippen LogP contribution in [0.1, 0.15) is 18.6 Å². The molecule has 0 N–H and O–H groups in total. The Morgan fingerprint density at radius 2 is 1.77 bits per heavy atom. The number of nitrogens with zero attached hydrogens (tertiary/aromatic N) is 1. The lowest BCUT2D eigenvalue weighted by Crippen LogP contribution is -2.21. The highest BCUT2D eigenvalue weighted by atomic mass is 16.6. The first kappa shape index (κ1) is 15.5. The molecule has 6 heteroatoms. The van der Waals surface area contributed by atoms with E-state index >= 15 is 0 Å². The zero-order valence-electron chi connectivity index (χ0n) is 12.0. The van der Waals surface area contributed by atoms with Crippen molar-refractivity contribution in [3.63, 3.8) is 0 Å². The molecule has 0 aliphatic carbocycles. The minimum absolute atomic E-state index is 0.0226. The van der Waals surface area contributed by atoms with Crippen LogP contribution >= 0.6 is 0 Å². The Hall–Kier alpha value is -2.89. The number of carbonyl (C=O) groups excluding carboxylic acids is 1. The van der Waals surface area contributed by atoms with Crippen LogP contribution in [0.5, 0.6) is 5.75 Å². The van der Waals surface area contributed by atoms with Crippen molar-refractivity contribution in [2.24, 2.45) is 0 Å². The zero-order chi connectivity index (χ0) is 15.9. The third kappa shape index (κ3) is 3.60. The van der Waals surface area contributed by atoms with E-state index in [9.17, 15) is 14.9 Å². The first-order valence-electron chi connectivity index (χ1n) is 6.75. The van der Waals surface area contributed by atoms with Gasteiger partial charge in [-0.05, 0) is 13.0 Å². The molecule has 0 saturated carbocycles.